The molecule has 96 valence electrons. The van der Waals surface area contributed by atoms with E-state index in [1.54, 1.807) is 19.4 Å². The van der Waals surface area contributed by atoms with Crippen LogP contribution in [-0.4, -0.2) is 7.05 Å². The lowest BCUT2D eigenvalue weighted by Crippen LogP contribution is -2.18. The maximum Gasteiger partial charge on any atom is 0.159 e. The Morgan fingerprint density at radius 1 is 1.22 bits per heavy atom. The summed E-state index contributed by atoms with van der Waals surface area (Å²) in [7, 11) is 1.78. The van der Waals surface area contributed by atoms with Gasteiger partial charge < -0.3 is 9.73 Å². The summed E-state index contributed by atoms with van der Waals surface area (Å²) in [5.74, 6) is -0.829. The Labute approximate surface area is 105 Å². The molecule has 0 fully saturated rings. The number of furan rings is 1. The smallest absolute Gasteiger partial charge is 0.159 e. The predicted octanol–water partition coefficient (Wildman–Crippen LogP) is 3.43. The Bertz CT molecular complexity index is 536. The Morgan fingerprint density at radius 2 is 2.00 bits per heavy atom. The summed E-state index contributed by atoms with van der Waals surface area (Å²) >= 11 is 0. The van der Waals surface area contributed by atoms with Crippen LogP contribution in [0.25, 0.3) is 0 Å². The number of aryl methyl sites for hydroxylation is 1. The van der Waals surface area contributed by atoms with E-state index in [1.165, 1.54) is 6.07 Å². The molecular weight excluding hydrogens is 236 g/mol. The highest BCUT2D eigenvalue weighted by Crippen LogP contribution is 2.27. The van der Waals surface area contributed by atoms with Gasteiger partial charge in [0.1, 0.15) is 5.76 Å². The van der Waals surface area contributed by atoms with Crippen molar-refractivity contribution in [2.75, 3.05) is 7.05 Å². The number of rotatable bonds is 4. The van der Waals surface area contributed by atoms with Crippen LogP contribution in [-0.2, 0) is 6.42 Å². The van der Waals surface area contributed by atoms with E-state index in [4.69, 9.17) is 4.42 Å². The van der Waals surface area contributed by atoms with E-state index in [1.807, 2.05) is 13.0 Å². The lowest BCUT2D eigenvalue weighted by molar-refractivity contribution is 0.498. The molecule has 0 spiro atoms. The van der Waals surface area contributed by atoms with Gasteiger partial charge in [-0.1, -0.05) is 13.0 Å². The van der Waals surface area contributed by atoms with Crippen molar-refractivity contribution in [1.29, 1.82) is 0 Å². The van der Waals surface area contributed by atoms with Gasteiger partial charge in [0, 0.05) is 12.0 Å². The second-order valence-electron chi connectivity index (χ2n) is 4.05. The molecule has 0 aliphatic carbocycles. The number of hydrogen-bond acceptors (Lipinski definition) is 2. The van der Waals surface area contributed by atoms with Gasteiger partial charge in [-0.25, -0.2) is 8.78 Å². The molecular formula is C14H15F2NO. The van der Waals surface area contributed by atoms with Crippen LogP contribution in [0.5, 0.6) is 0 Å². The molecule has 0 radical (unpaired) electrons. The van der Waals surface area contributed by atoms with Gasteiger partial charge in [0.15, 0.2) is 11.6 Å². The van der Waals surface area contributed by atoms with Crippen LogP contribution in [0.1, 0.15) is 29.9 Å². The fourth-order valence-corrected chi connectivity index (χ4v) is 2.09. The molecule has 2 rings (SSSR count). The molecule has 1 N–H and O–H groups in total. The van der Waals surface area contributed by atoms with Crippen LogP contribution in [0, 0.1) is 11.6 Å². The number of benzene rings is 1. The summed E-state index contributed by atoms with van der Waals surface area (Å²) < 4.78 is 31.6. The van der Waals surface area contributed by atoms with E-state index < -0.39 is 11.6 Å². The molecule has 0 aliphatic heterocycles. The molecule has 0 saturated heterocycles. The summed E-state index contributed by atoms with van der Waals surface area (Å²) in [5.41, 5.74) is 1.62. The first-order valence-corrected chi connectivity index (χ1v) is 5.85. The molecule has 1 unspecified atom stereocenters. The zero-order valence-corrected chi connectivity index (χ0v) is 10.3. The van der Waals surface area contributed by atoms with Crippen molar-refractivity contribution in [2.45, 2.75) is 19.4 Å². The Hall–Kier alpha value is -1.68. The normalized spacial score (nSPS) is 12.7. The second kappa shape index (κ2) is 5.31. The highest BCUT2D eigenvalue weighted by molar-refractivity contribution is 5.33. The first kappa shape index (κ1) is 12.8. The fraction of sp³-hybridized carbons (Fsp3) is 0.286. The van der Waals surface area contributed by atoms with Gasteiger partial charge in [0.25, 0.3) is 0 Å². The SMILES string of the molecule is CCc1occc1C(NC)c1ccc(F)c(F)c1. The molecule has 1 heterocycles. The van der Waals surface area contributed by atoms with Crippen LogP contribution < -0.4 is 5.32 Å². The molecule has 2 nitrogen and oxygen atoms in total. The van der Waals surface area contributed by atoms with Crippen LogP contribution in [0.3, 0.4) is 0 Å². The minimum absolute atomic E-state index is 0.200. The lowest BCUT2D eigenvalue weighted by Gasteiger charge is -2.16. The van der Waals surface area contributed by atoms with Gasteiger partial charge in [0.2, 0.25) is 0 Å². The van der Waals surface area contributed by atoms with E-state index >= 15 is 0 Å². The van der Waals surface area contributed by atoms with Gasteiger partial charge in [-0.15, -0.1) is 0 Å². The lowest BCUT2D eigenvalue weighted by atomic mass is 9.98. The van der Waals surface area contributed by atoms with Gasteiger partial charge >= 0.3 is 0 Å². The highest BCUT2D eigenvalue weighted by atomic mass is 19.2. The molecule has 0 amide bonds. The summed E-state index contributed by atoms with van der Waals surface area (Å²) in [5, 5.41) is 3.09. The molecule has 1 aromatic carbocycles. The van der Waals surface area contributed by atoms with Crippen molar-refractivity contribution in [2.24, 2.45) is 0 Å². The zero-order valence-electron chi connectivity index (χ0n) is 10.3. The quantitative estimate of drug-likeness (QED) is 0.900. The van der Waals surface area contributed by atoms with Gasteiger partial charge in [-0.3, -0.25) is 0 Å². The summed E-state index contributed by atoms with van der Waals surface area (Å²) in [6.07, 6.45) is 2.36. The molecule has 0 aliphatic rings. The maximum atomic E-state index is 13.3. The molecule has 4 heteroatoms. The van der Waals surface area contributed by atoms with E-state index in [9.17, 15) is 8.78 Å². The predicted molar refractivity (Wildman–Crippen MR) is 65.3 cm³/mol. The van der Waals surface area contributed by atoms with Crippen LogP contribution in [0.4, 0.5) is 8.78 Å². The van der Waals surface area contributed by atoms with E-state index in [-0.39, 0.29) is 6.04 Å². The fourth-order valence-electron chi connectivity index (χ4n) is 2.09. The van der Waals surface area contributed by atoms with Gasteiger partial charge in [-0.2, -0.15) is 0 Å². The molecule has 2 aromatic rings. The third-order valence-electron chi connectivity index (χ3n) is 2.98. The minimum Gasteiger partial charge on any atom is -0.469 e. The third-order valence-corrected chi connectivity index (χ3v) is 2.98. The second-order valence-corrected chi connectivity index (χ2v) is 4.05. The van der Waals surface area contributed by atoms with Crippen molar-refractivity contribution in [3.8, 4) is 0 Å². The van der Waals surface area contributed by atoms with Gasteiger partial charge in [0.05, 0.1) is 12.3 Å². The van der Waals surface area contributed by atoms with Crippen molar-refractivity contribution in [3.63, 3.8) is 0 Å². The number of hydrogen-bond donors (Lipinski definition) is 1. The Balaban J connectivity index is 2.42. The molecule has 1 atom stereocenters. The third kappa shape index (κ3) is 2.29. The minimum atomic E-state index is -0.839. The number of halogens is 2. The Morgan fingerprint density at radius 3 is 2.61 bits per heavy atom. The van der Waals surface area contributed by atoms with E-state index in [0.29, 0.717) is 5.56 Å². The largest absolute Gasteiger partial charge is 0.469 e. The van der Waals surface area contributed by atoms with Crippen LogP contribution >= 0.6 is 0 Å². The zero-order chi connectivity index (χ0) is 13.1. The summed E-state index contributed by atoms with van der Waals surface area (Å²) in [6, 6.07) is 5.57. The topological polar surface area (TPSA) is 25.2 Å². The van der Waals surface area contributed by atoms with Crippen LogP contribution in [0.15, 0.2) is 34.9 Å². The maximum absolute atomic E-state index is 13.3. The average molecular weight is 251 g/mol. The van der Waals surface area contributed by atoms with E-state index in [0.717, 1.165) is 23.8 Å². The number of nitrogens with one attached hydrogen (secondary N) is 1. The molecule has 0 bridgehead atoms. The van der Waals surface area contributed by atoms with Crippen molar-refractivity contribution >= 4 is 0 Å². The molecule has 0 saturated carbocycles. The monoisotopic (exact) mass is 251 g/mol. The standard InChI is InChI=1S/C14H15F2NO/c1-3-13-10(6-7-18-13)14(17-2)9-4-5-11(15)12(16)8-9/h4-8,14,17H,3H2,1-2H3. The average Bonchev–Trinajstić information content (AvgIpc) is 2.83. The van der Waals surface area contributed by atoms with Gasteiger partial charge in [-0.05, 0) is 30.8 Å². The van der Waals surface area contributed by atoms with Crippen molar-refractivity contribution < 1.29 is 13.2 Å². The Kier molecular flexibility index (Phi) is 3.77. The summed E-state index contributed by atoms with van der Waals surface area (Å²) in [6.45, 7) is 1.99. The molecule has 18 heavy (non-hydrogen) atoms. The van der Waals surface area contributed by atoms with Crippen molar-refractivity contribution in [1.82, 2.24) is 5.32 Å². The highest BCUT2D eigenvalue weighted by Gasteiger charge is 2.18. The first-order chi connectivity index (χ1) is 8.67. The van der Waals surface area contributed by atoms with E-state index in [2.05, 4.69) is 5.32 Å². The van der Waals surface area contributed by atoms with Crippen LogP contribution in [0.2, 0.25) is 0 Å². The molecule has 1 aromatic heterocycles. The first-order valence-electron chi connectivity index (χ1n) is 5.85. The summed E-state index contributed by atoms with van der Waals surface area (Å²) in [4.78, 5) is 0. The van der Waals surface area contributed by atoms with Crippen molar-refractivity contribution in [3.05, 3.63) is 59.1 Å².